The maximum Gasteiger partial charge on any atom is 0.204 e. The zero-order valence-corrected chi connectivity index (χ0v) is 37.6. The number of benzene rings is 3. The zero-order chi connectivity index (χ0) is 41.5. The van der Waals surface area contributed by atoms with Gasteiger partial charge in [-0.1, -0.05) is 192 Å². The second-order valence-electron chi connectivity index (χ2n) is 15.8. The molecule has 0 aliphatic carbocycles. The number of ether oxygens (including phenoxy) is 5. The molecule has 0 N–H and O–H groups in total. The molecule has 0 aromatic heterocycles. The van der Waals surface area contributed by atoms with Crippen LogP contribution in [0.2, 0.25) is 0 Å². The third-order valence-corrected chi connectivity index (χ3v) is 10.5. The van der Waals surface area contributed by atoms with Crippen LogP contribution < -0.4 is 23.7 Å². The van der Waals surface area contributed by atoms with Crippen molar-refractivity contribution in [3.8, 4) is 28.7 Å². The van der Waals surface area contributed by atoms with Crippen LogP contribution in [0, 0.1) is 6.92 Å². The molecule has 0 radical (unpaired) electrons. The SMILES string of the molecule is CCCCCCOc1ccc(/C=C/c2ccc(/C=C/c3ccc(C)c(OCCCCCC)c3OCCCCCC)cc2)c(OCCCCCC)c1OCCCCCC. The van der Waals surface area contributed by atoms with E-state index in [1.807, 2.05) is 0 Å². The van der Waals surface area contributed by atoms with Crippen LogP contribution in [-0.4, -0.2) is 33.0 Å². The van der Waals surface area contributed by atoms with Gasteiger partial charge in [-0.25, -0.2) is 0 Å². The Labute approximate surface area is 355 Å². The van der Waals surface area contributed by atoms with Crippen LogP contribution in [0.4, 0.5) is 0 Å². The predicted octanol–water partition coefficient (Wildman–Crippen LogP) is 16.1. The summed E-state index contributed by atoms with van der Waals surface area (Å²) < 4.78 is 32.4. The van der Waals surface area contributed by atoms with Gasteiger partial charge in [-0.15, -0.1) is 0 Å². The summed E-state index contributed by atoms with van der Waals surface area (Å²) in [6, 6.07) is 17.2. The summed E-state index contributed by atoms with van der Waals surface area (Å²) in [5.41, 5.74) is 5.42. The van der Waals surface area contributed by atoms with E-state index in [-0.39, 0.29) is 0 Å². The van der Waals surface area contributed by atoms with Crippen molar-refractivity contribution < 1.29 is 23.7 Å². The van der Waals surface area contributed by atoms with Gasteiger partial charge in [0.05, 0.1) is 33.0 Å². The highest BCUT2D eigenvalue weighted by molar-refractivity contribution is 5.78. The quantitative estimate of drug-likeness (QED) is 0.0445. The zero-order valence-electron chi connectivity index (χ0n) is 37.6. The van der Waals surface area contributed by atoms with Crippen molar-refractivity contribution in [2.24, 2.45) is 0 Å². The topological polar surface area (TPSA) is 46.2 Å². The average molecular weight is 797 g/mol. The maximum absolute atomic E-state index is 6.58. The number of hydrogen-bond donors (Lipinski definition) is 0. The highest BCUT2D eigenvalue weighted by Gasteiger charge is 2.18. The minimum Gasteiger partial charge on any atom is -0.490 e. The maximum atomic E-state index is 6.58. The molecule has 5 heteroatoms. The van der Waals surface area contributed by atoms with Crippen LogP contribution in [-0.2, 0) is 0 Å². The van der Waals surface area contributed by atoms with Gasteiger partial charge in [-0.2, -0.15) is 0 Å². The number of rotatable bonds is 34. The first kappa shape index (κ1) is 48.5. The second kappa shape index (κ2) is 31.1. The molecule has 322 valence electrons. The molecule has 0 unspecified atom stereocenters. The summed E-state index contributed by atoms with van der Waals surface area (Å²) in [7, 11) is 0. The fourth-order valence-electron chi connectivity index (χ4n) is 6.84. The molecule has 3 aromatic carbocycles. The standard InChI is InChI=1S/C53H80O5/c1-7-12-17-22-39-54-49-38-37-48(52(57-42-25-20-15-10-4)53(49)58-43-26-21-16-11-5)36-33-46-30-28-45(29-31-46)32-35-47-34-27-44(6)50(55-40-23-18-13-8-2)51(47)56-41-24-19-14-9-3/h27-38H,7-26,39-43H2,1-6H3/b35-32+,36-33+. The molecule has 0 heterocycles. The van der Waals surface area contributed by atoms with Gasteiger partial charge in [0.2, 0.25) is 5.75 Å². The molecule has 0 amide bonds. The molecule has 0 aliphatic heterocycles. The number of hydrogen-bond acceptors (Lipinski definition) is 5. The van der Waals surface area contributed by atoms with Crippen molar-refractivity contribution in [3.05, 3.63) is 76.3 Å². The van der Waals surface area contributed by atoms with Gasteiger partial charge in [-0.3, -0.25) is 0 Å². The fourth-order valence-corrected chi connectivity index (χ4v) is 6.84. The number of aryl methyl sites for hydroxylation is 1. The van der Waals surface area contributed by atoms with Crippen molar-refractivity contribution in [1.29, 1.82) is 0 Å². The molecule has 0 atom stereocenters. The van der Waals surface area contributed by atoms with E-state index in [1.165, 1.54) is 83.5 Å². The van der Waals surface area contributed by atoms with Crippen molar-refractivity contribution in [3.63, 3.8) is 0 Å². The van der Waals surface area contributed by atoms with Crippen LogP contribution in [0.15, 0.2) is 48.5 Å². The predicted molar refractivity (Wildman–Crippen MR) is 250 cm³/mol. The molecular formula is C53H80O5. The average Bonchev–Trinajstić information content (AvgIpc) is 3.24. The van der Waals surface area contributed by atoms with Gasteiger partial charge < -0.3 is 23.7 Å². The first-order valence-electron chi connectivity index (χ1n) is 23.5. The monoisotopic (exact) mass is 797 g/mol. The first-order valence-corrected chi connectivity index (χ1v) is 23.5. The van der Waals surface area contributed by atoms with Gasteiger partial charge in [0.1, 0.15) is 0 Å². The van der Waals surface area contributed by atoms with Gasteiger partial charge in [0, 0.05) is 11.1 Å². The Kier molecular flexibility index (Phi) is 26.0. The Hall–Kier alpha value is -3.86. The minimum atomic E-state index is 0.656. The largest absolute Gasteiger partial charge is 0.490 e. The molecule has 0 bridgehead atoms. The third-order valence-electron chi connectivity index (χ3n) is 10.5. The van der Waals surface area contributed by atoms with E-state index in [0.717, 1.165) is 102 Å². The van der Waals surface area contributed by atoms with Crippen molar-refractivity contribution in [1.82, 2.24) is 0 Å². The highest BCUT2D eigenvalue weighted by atomic mass is 16.5. The Morgan fingerprint density at radius 3 is 1.09 bits per heavy atom. The summed E-state index contributed by atoms with van der Waals surface area (Å²) in [6.07, 6.45) is 31.9. The van der Waals surface area contributed by atoms with Crippen LogP contribution in [0.25, 0.3) is 24.3 Å². The van der Waals surface area contributed by atoms with Crippen LogP contribution in [0.5, 0.6) is 28.7 Å². The van der Waals surface area contributed by atoms with Gasteiger partial charge in [0.25, 0.3) is 0 Å². The minimum absolute atomic E-state index is 0.656. The van der Waals surface area contributed by atoms with Crippen LogP contribution in [0.3, 0.4) is 0 Å². The lowest BCUT2D eigenvalue weighted by atomic mass is 10.1. The first-order chi connectivity index (χ1) is 28.6. The summed E-state index contributed by atoms with van der Waals surface area (Å²) >= 11 is 0. The van der Waals surface area contributed by atoms with E-state index in [2.05, 4.69) is 114 Å². The summed E-state index contributed by atoms with van der Waals surface area (Å²) in [4.78, 5) is 0. The van der Waals surface area contributed by atoms with E-state index in [0.29, 0.717) is 33.0 Å². The molecular weight excluding hydrogens is 717 g/mol. The summed E-state index contributed by atoms with van der Waals surface area (Å²) in [5, 5.41) is 0. The molecule has 0 aliphatic rings. The lowest BCUT2D eigenvalue weighted by Crippen LogP contribution is -2.07. The smallest absolute Gasteiger partial charge is 0.204 e. The Morgan fingerprint density at radius 2 is 0.672 bits per heavy atom. The molecule has 0 fully saturated rings. The molecule has 0 saturated heterocycles. The lowest BCUT2D eigenvalue weighted by Gasteiger charge is -2.19. The summed E-state index contributed by atoms with van der Waals surface area (Å²) in [6.45, 7) is 16.7. The van der Waals surface area contributed by atoms with Crippen molar-refractivity contribution in [2.45, 2.75) is 170 Å². The summed E-state index contributed by atoms with van der Waals surface area (Å²) in [5.74, 6) is 4.07. The van der Waals surface area contributed by atoms with Gasteiger partial charge in [0.15, 0.2) is 23.0 Å². The lowest BCUT2D eigenvalue weighted by molar-refractivity contribution is 0.234. The van der Waals surface area contributed by atoms with E-state index >= 15 is 0 Å². The van der Waals surface area contributed by atoms with Crippen LogP contribution in [0.1, 0.15) is 191 Å². The fraction of sp³-hybridized carbons (Fsp3) is 0.585. The van der Waals surface area contributed by atoms with E-state index in [1.54, 1.807) is 0 Å². The normalized spacial score (nSPS) is 11.5. The van der Waals surface area contributed by atoms with Gasteiger partial charge in [-0.05, 0) is 67.9 Å². The molecule has 5 nitrogen and oxygen atoms in total. The van der Waals surface area contributed by atoms with E-state index in [4.69, 9.17) is 23.7 Å². The molecule has 0 saturated carbocycles. The molecule has 58 heavy (non-hydrogen) atoms. The third kappa shape index (κ3) is 18.8. The second-order valence-corrected chi connectivity index (χ2v) is 15.8. The van der Waals surface area contributed by atoms with Crippen LogP contribution >= 0.6 is 0 Å². The molecule has 3 aromatic rings. The molecule has 3 rings (SSSR count). The number of unbranched alkanes of at least 4 members (excludes halogenated alkanes) is 15. The Balaban J connectivity index is 1.84. The molecule has 0 spiro atoms. The van der Waals surface area contributed by atoms with E-state index < -0.39 is 0 Å². The van der Waals surface area contributed by atoms with E-state index in [9.17, 15) is 0 Å². The van der Waals surface area contributed by atoms with Gasteiger partial charge >= 0.3 is 0 Å². The highest BCUT2D eigenvalue weighted by Crippen LogP contribution is 2.42. The Bertz CT molecular complexity index is 1560. The van der Waals surface area contributed by atoms with Crippen molar-refractivity contribution >= 4 is 24.3 Å². The Morgan fingerprint density at radius 1 is 0.328 bits per heavy atom. The van der Waals surface area contributed by atoms with Crippen molar-refractivity contribution in [2.75, 3.05) is 33.0 Å².